The Morgan fingerprint density at radius 3 is 3.00 bits per heavy atom. The number of thioether (sulfide) groups is 1. The number of aromatic amines is 1. The van der Waals surface area contributed by atoms with Gasteiger partial charge < -0.3 is 0 Å². The molecule has 0 saturated heterocycles. The Balaban J connectivity index is 1.77. The van der Waals surface area contributed by atoms with Crippen LogP contribution in [-0.4, -0.2) is 14.8 Å². The molecule has 1 aliphatic carbocycles. The minimum absolute atomic E-state index is 0.119. The van der Waals surface area contributed by atoms with E-state index in [1.165, 1.54) is 0 Å². The van der Waals surface area contributed by atoms with Crippen LogP contribution in [-0.2, 0) is 5.75 Å². The average molecular weight is 286 g/mol. The first-order valence-electron chi connectivity index (χ1n) is 6.48. The summed E-state index contributed by atoms with van der Waals surface area (Å²) in [6, 6.07) is 8.13. The van der Waals surface area contributed by atoms with Crippen LogP contribution < -0.4 is 5.69 Å². The lowest BCUT2D eigenvalue weighted by atomic mass is 10.1. The highest BCUT2D eigenvalue weighted by Gasteiger charge is 2.28. The number of nitriles is 1. The second kappa shape index (κ2) is 5.17. The molecule has 5 nitrogen and oxygen atoms in total. The summed E-state index contributed by atoms with van der Waals surface area (Å²) in [6.45, 7) is 2.00. The van der Waals surface area contributed by atoms with Crippen LogP contribution in [0, 0.1) is 18.3 Å². The lowest BCUT2D eigenvalue weighted by Gasteiger charge is -2.06. The lowest BCUT2D eigenvalue weighted by molar-refractivity contribution is 0.642. The molecule has 1 aromatic heterocycles. The maximum atomic E-state index is 11.7. The Morgan fingerprint density at radius 1 is 1.55 bits per heavy atom. The van der Waals surface area contributed by atoms with Gasteiger partial charge in [0.05, 0.1) is 11.6 Å². The summed E-state index contributed by atoms with van der Waals surface area (Å²) in [5.41, 5.74) is 2.80. The molecule has 0 spiro atoms. The highest BCUT2D eigenvalue weighted by atomic mass is 32.2. The van der Waals surface area contributed by atoms with Gasteiger partial charge in [-0.2, -0.15) is 5.26 Å². The van der Waals surface area contributed by atoms with Crippen LogP contribution in [0.3, 0.4) is 0 Å². The molecule has 1 aliphatic rings. The van der Waals surface area contributed by atoms with Gasteiger partial charge in [-0.3, -0.25) is 4.57 Å². The molecule has 6 heteroatoms. The predicted molar refractivity (Wildman–Crippen MR) is 76.6 cm³/mol. The number of hydrogen-bond donors (Lipinski definition) is 1. The Labute approximate surface area is 120 Å². The van der Waals surface area contributed by atoms with E-state index in [0.717, 1.165) is 34.9 Å². The van der Waals surface area contributed by atoms with Crippen molar-refractivity contribution in [1.29, 1.82) is 5.26 Å². The first-order chi connectivity index (χ1) is 9.69. The first-order valence-corrected chi connectivity index (χ1v) is 7.47. The zero-order valence-corrected chi connectivity index (χ0v) is 11.9. The molecular weight excluding hydrogens is 272 g/mol. The van der Waals surface area contributed by atoms with Crippen LogP contribution >= 0.6 is 11.8 Å². The molecule has 1 fully saturated rings. The van der Waals surface area contributed by atoms with Crippen molar-refractivity contribution >= 4 is 11.8 Å². The molecule has 3 rings (SSSR count). The maximum Gasteiger partial charge on any atom is 0.344 e. The zero-order valence-electron chi connectivity index (χ0n) is 11.1. The van der Waals surface area contributed by atoms with Gasteiger partial charge in [-0.15, -0.1) is 5.10 Å². The normalized spacial score (nSPS) is 14.2. The fourth-order valence-electron chi connectivity index (χ4n) is 2.12. The van der Waals surface area contributed by atoms with Crippen LogP contribution in [0.5, 0.6) is 0 Å². The minimum Gasteiger partial charge on any atom is -0.267 e. The Kier molecular flexibility index (Phi) is 3.36. The van der Waals surface area contributed by atoms with Crippen molar-refractivity contribution in [1.82, 2.24) is 14.8 Å². The largest absolute Gasteiger partial charge is 0.344 e. The van der Waals surface area contributed by atoms with E-state index in [4.69, 9.17) is 5.26 Å². The summed E-state index contributed by atoms with van der Waals surface area (Å²) < 4.78 is 1.75. The number of H-pyrrole nitrogens is 1. The third-order valence-electron chi connectivity index (χ3n) is 3.41. The molecule has 1 aromatic carbocycles. The highest BCUT2D eigenvalue weighted by Crippen LogP contribution is 2.36. The van der Waals surface area contributed by atoms with Crippen LogP contribution in [0.2, 0.25) is 0 Å². The predicted octanol–water partition coefficient (Wildman–Crippen LogP) is 2.38. The second-order valence-corrected chi connectivity index (χ2v) is 5.90. The summed E-state index contributed by atoms with van der Waals surface area (Å²) in [5.74, 6) is 0.745. The van der Waals surface area contributed by atoms with E-state index in [1.54, 1.807) is 16.3 Å². The van der Waals surface area contributed by atoms with Gasteiger partial charge in [-0.1, -0.05) is 17.8 Å². The molecule has 0 atom stereocenters. The van der Waals surface area contributed by atoms with Gasteiger partial charge in [-0.25, -0.2) is 9.89 Å². The van der Waals surface area contributed by atoms with Crippen molar-refractivity contribution < 1.29 is 0 Å². The zero-order chi connectivity index (χ0) is 14.1. The number of hydrogen-bond acceptors (Lipinski definition) is 4. The van der Waals surface area contributed by atoms with Crippen LogP contribution in [0.4, 0.5) is 0 Å². The summed E-state index contributed by atoms with van der Waals surface area (Å²) in [5, 5.41) is 16.2. The molecule has 0 unspecified atom stereocenters. The number of aromatic nitrogens is 3. The van der Waals surface area contributed by atoms with E-state index >= 15 is 0 Å². The molecule has 1 N–H and O–H groups in total. The van der Waals surface area contributed by atoms with Crippen molar-refractivity contribution in [2.45, 2.75) is 36.7 Å². The Bertz CT molecular complexity index is 736. The molecule has 0 amide bonds. The fraction of sp³-hybridized carbons (Fsp3) is 0.357. The highest BCUT2D eigenvalue weighted by molar-refractivity contribution is 7.98. The van der Waals surface area contributed by atoms with Crippen molar-refractivity contribution in [3.63, 3.8) is 0 Å². The van der Waals surface area contributed by atoms with Gasteiger partial charge in [0.25, 0.3) is 0 Å². The molecule has 1 saturated carbocycles. The second-order valence-electron chi connectivity index (χ2n) is 4.95. The first kappa shape index (κ1) is 13.0. The standard InChI is InChI=1S/C14H14N4OS/c1-9-6-10(7-15)2-3-11(9)8-20-14-17-16-13(19)18(14)12-4-5-12/h2-3,6,12H,4-5,8H2,1H3,(H,16,19). The summed E-state index contributed by atoms with van der Waals surface area (Å²) >= 11 is 1.55. The van der Waals surface area contributed by atoms with Gasteiger partial charge >= 0.3 is 5.69 Å². The van der Waals surface area contributed by atoms with E-state index in [9.17, 15) is 4.79 Å². The molecule has 0 radical (unpaired) electrons. The molecule has 102 valence electrons. The molecule has 20 heavy (non-hydrogen) atoms. The average Bonchev–Trinajstić information content (AvgIpc) is 3.21. The van der Waals surface area contributed by atoms with Gasteiger partial charge in [0, 0.05) is 11.8 Å². The number of rotatable bonds is 4. The maximum absolute atomic E-state index is 11.7. The SMILES string of the molecule is Cc1cc(C#N)ccc1CSc1n[nH]c(=O)n1C1CC1. The van der Waals surface area contributed by atoms with E-state index in [2.05, 4.69) is 16.3 Å². The van der Waals surface area contributed by atoms with E-state index < -0.39 is 0 Å². The van der Waals surface area contributed by atoms with Crippen LogP contribution in [0.1, 0.15) is 35.6 Å². The third kappa shape index (κ3) is 2.49. The summed E-state index contributed by atoms with van der Waals surface area (Å²) in [7, 11) is 0. The smallest absolute Gasteiger partial charge is 0.267 e. The Hall–Kier alpha value is -2.00. The number of aryl methyl sites for hydroxylation is 1. The topological polar surface area (TPSA) is 74.5 Å². The monoisotopic (exact) mass is 286 g/mol. The molecular formula is C14H14N4OS. The van der Waals surface area contributed by atoms with Crippen LogP contribution in [0.15, 0.2) is 28.2 Å². The minimum atomic E-state index is -0.119. The molecule has 0 bridgehead atoms. The van der Waals surface area contributed by atoms with Gasteiger partial charge in [-0.05, 0) is 43.0 Å². The molecule has 1 heterocycles. The lowest BCUT2D eigenvalue weighted by Crippen LogP contribution is -2.16. The quantitative estimate of drug-likeness (QED) is 0.876. The fourth-order valence-corrected chi connectivity index (χ4v) is 3.21. The molecule has 0 aliphatic heterocycles. The van der Waals surface area contributed by atoms with E-state index in [1.807, 2.05) is 25.1 Å². The molecule has 2 aromatic rings. The van der Waals surface area contributed by atoms with Crippen LogP contribution in [0.25, 0.3) is 0 Å². The van der Waals surface area contributed by atoms with Crippen molar-refractivity contribution in [2.75, 3.05) is 0 Å². The third-order valence-corrected chi connectivity index (χ3v) is 4.41. The van der Waals surface area contributed by atoms with Gasteiger partial charge in [0.2, 0.25) is 0 Å². The van der Waals surface area contributed by atoms with E-state index in [0.29, 0.717) is 11.6 Å². The van der Waals surface area contributed by atoms with Crippen molar-refractivity contribution in [2.24, 2.45) is 0 Å². The van der Waals surface area contributed by atoms with E-state index in [-0.39, 0.29) is 5.69 Å². The number of benzene rings is 1. The number of nitrogens with one attached hydrogen (secondary N) is 1. The summed E-state index contributed by atoms with van der Waals surface area (Å²) in [4.78, 5) is 11.7. The summed E-state index contributed by atoms with van der Waals surface area (Å²) in [6.07, 6.45) is 2.12. The van der Waals surface area contributed by atoms with Gasteiger partial charge in [0.15, 0.2) is 5.16 Å². The van der Waals surface area contributed by atoms with Crippen molar-refractivity contribution in [3.8, 4) is 6.07 Å². The number of nitrogens with zero attached hydrogens (tertiary/aromatic N) is 3. The van der Waals surface area contributed by atoms with Crippen molar-refractivity contribution in [3.05, 3.63) is 45.4 Å². The Morgan fingerprint density at radius 2 is 2.35 bits per heavy atom. The van der Waals surface area contributed by atoms with Gasteiger partial charge in [0.1, 0.15) is 0 Å².